The standard InChI is InChI=1S/C13H20O6/c1-3-5-6-7-10-8(12(15)18-7)9(13(16)19-10)11(14)17-4-2/h7-10,12,15H,3-6H2,1-2H3/t7-,8+,9?,10+,12?/m0/s1. The first-order chi connectivity index (χ1) is 9.10. The second-order valence-corrected chi connectivity index (χ2v) is 4.92. The van der Waals surface area contributed by atoms with E-state index in [-0.39, 0.29) is 12.7 Å². The van der Waals surface area contributed by atoms with E-state index in [4.69, 9.17) is 14.2 Å². The van der Waals surface area contributed by atoms with Gasteiger partial charge in [0.05, 0.1) is 18.6 Å². The van der Waals surface area contributed by atoms with E-state index in [1.165, 1.54) is 0 Å². The fourth-order valence-corrected chi connectivity index (χ4v) is 2.75. The Hall–Kier alpha value is -1.14. The molecule has 0 aromatic carbocycles. The van der Waals surface area contributed by atoms with E-state index in [1.807, 2.05) is 6.92 Å². The van der Waals surface area contributed by atoms with Crippen LogP contribution in [0.5, 0.6) is 0 Å². The maximum atomic E-state index is 11.8. The van der Waals surface area contributed by atoms with Gasteiger partial charge in [0.2, 0.25) is 0 Å². The van der Waals surface area contributed by atoms with Gasteiger partial charge in [-0.3, -0.25) is 9.59 Å². The number of carbonyl (C=O) groups is 2. The largest absolute Gasteiger partial charge is 0.465 e. The molecule has 19 heavy (non-hydrogen) atoms. The molecule has 0 radical (unpaired) electrons. The highest BCUT2D eigenvalue weighted by Crippen LogP contribution is 2.42. The number of unbranched alkanes of at least 4 members (excludes halogenated alkanes) is 1. The zero-order chi connectivity index (χ0) is 14.0. The predicted molar refractivity (Wildman–Crippen MR) is 63.9 cm³/mol. The molecule has 108 valence electrons. The van der Waals surface area contributed by atoms with Crippen LogP contribution >= 0.6 is 0 Å². The van der Waals surface area contributed by atoms with E-state index in [0.717, 1.165) is 12.8 Å². The lowest BCUT2D eigenvalue weighted by molar-refractivity contribution is -0.169. The zero-order valence-electron chi connectivity index (χ0n) is 11.2. The quantitative estimate of drug-likeness (QED) is 0.583. The van der Waals surface area contributed by atoms with Crippen LogP contribution in [-0.4, -0.2) is 42.1 Å². The Labute approximate surface area is 112 Å². The smallest absolute Gasteiger partial charge is 0.321 e. The third-order valence-electron chi connectivity index (χ3n) is 3.66. The third kappa shape index (κ3) is 2.60. The highest BCUT2D eigenvalue weighted by molar-refractivity contribution is 5.97. The molecule has 1 N–H and O–H groups in total. The topological polar surface area (TPSA) is 82.1 Å². The van der Waals surface area contributed by atoms with Gasteiger partial charge in [0.1, 0.15) is 6.10 Å². The van der Waals surface area contributed by atoms with Crippen molar-refractivity contribution in [2.45, 2.75) is 51.6 Å². The van der Waals surface area contributed by atoms with Crippen LogP contribution in [0.15, 0.2) is 0 Å². The molecule has 5 atom stereocenters. The summed E-state index contributed by atoms with van der Waals surface area (Å²) in [5, 5.41) is 9.91. The van der Waals surface area contributed by atoms with Gasteiger partial charge in [-0.05, 0) is 13.3 Å². The maximum Gasteiger partial charge on any atom is 0.321 e. The summed E-state index contributed by atoms with van der Waals surface area (Å²) in [6, 6.07) is 0. The fourth-order valence-electron chi connectivity index (χ4n) is 2.75. The van der Waals surface area contributed by atoms with Gasteiger partial charge in [-0.2, -0.15) is 0 Å². The number of hydrogen-bond donors (Lipinski definition) is 1. The first-order valence-corrected chi connectivity index (χ1v) is 6.80. The lowest BCUT2D eigenvalue weighted by Gasteiger charge is -2.15. The number of fused-ring (bicyclic) bond motifs is 1. The molecule has 6 heteroatoms. The monoisotopic (exact) mass is 272 g/mol. The maximum absolute atomic E-state index is 11.8. The number of aliphatic hydroxyl groups is 1. The van der Waals surface area contributed by atoms with Crippen molar-refractivity contribution in [1.29, 1.82) is 0 Å². The van der Waals surface area contributed by atoms with Gasteiger partial charge < -0.3 is 19.3 Å². The lowest BCUT2D eigenvalue weighted by Crippen LogP contribution is -2.34. The van der Waals surface area contributed by atoms with E-state index in [1.54, 1.807) is 6.92 Å². The Morgan fingerprint density at radius 3 is 2.79 bits per heavy atom. The number of aliphatic hydroxyl groups excluding tert-OH is 1. The van der Waals surface area contributed by atoms with Crippen LogP contribution in [0.25, 0.3) is 0 Å². The van der Waals surface area contributed by atoms with E-state index in [9.17, 15) is 14.7 Å². The van der Waals surface area contributed by atoms with Crippen molar-refractivity contribution in [3.63, 3.8) is 0 Å². The average Bonchev–Trinajstić information content (AvgIpc) is 2.85. The molecular formula is C13H20O6. The second kappa shape index (κ2) is 5.88. The first-order valence-electron chi connectivity index (χ1n) is 6.80. The molecule has 2 heterocycles. The highest BCUT2D eigenvalue weighted by Gasteiger charge is 2.60. The molecule has 2 aliphatic heterocycles. The molecule has 0 spiro atoms. The summed E-state index contributed by atoms with van der Waals surface area (Å²) in [6.45, 7) is 3.91. The van der Waals surface area contributed by atoms with Crippen LogP contribution in [-0.2, 0) is 23.8 Å². The van der Waals surface area contributed by atoms with Gasteiger partial charge in [-0.25, -0.2) is 0 Å². The van der Waals surface area contributed by atoms with Crippen molar-refractivity contribution in [3.05, 3.63) is 0 Å². The lowest BCUT2D eigenvalue weighted by atomic mass is 9.89. The summed E-state index contributed by atoms with van der Waals surface area (Å²) >= 11 is 0. The first kappa shape index (κ1) is 14.3. The molecule has 6 nitrogen and oxygen atoms in total. The summed E-state index contributed by atoms with van der Waals surface area (Å²) in [6.07, 6.45) is 0.599. The van der Waals surface area contributed by atoms with Crippen molar-refractivity contribution < 1.29 is 28.9 Å². The molecule has 2 aliphatic rings. The van der Waals surface area contributed by atoms with Gasteiger partial charge in [0.25, 0.3) is 0 Å². The number of rotatable bonds is 5. The molecule has 0 aliphatic carbocycles. The van der Waals surface area contributed by atoms with Crippen LogP contribution in [0.4, 0.5) is 0 Å². The molecule has 2 rings (SSSR count). The van der Waals surface area contributed by atoms with Crippen LogP contribution in [0.2, 0.25) is 0 Å². The number of carbonyl (C=O) groups excluding carboxylic acids is 2. The molecule has 2 unspecified atom stereocenters. The summed E-state index contributed by atoms with van der Waals surface area (Å²) in [7, 11) is 0. The third-order valence-corrected chi connectivity index (χ3v) is 3.66. The minimum atomic E-state index is -1.15. The average molecular weight is 272 g/mol. The normalized spacial score (nSPS) is 37.0. The highest BCUT2D eigenvalue weighted by atomic mass is 16.7. The Morgan fingerprint density at radius 1 is 1.42 bits per heavy atom. The van der Waals surface area contributed by atoms with Gasteiger partial charge >= 0.3 is 11.9 Å². The molecular weight excluding hydrogens is 252 g/mol. The van der Waals surface area contributed by atoms with E-state index in [2.05, 4.69) is 0 Å². The molecule has 2 saturated heterocycles. The second-order valence-electron chi connectivity index (χ2n) is 4.92. The number of esters is 2. The van der Waals surface area contributed by atoms with Gasteiger partial charge in [-0.1, -0.05) is 19.8 Å². The molecule has 0 aromatic rings. The Morgan fingerprint density at radius 2 is 2.16 bits per heavy atom. The summed E-state index contributed by atoms with van der Waals surface area (Å²) in [4.78, 5) is 23.6. The minimum absolute atomic E-state index is 0.191. The van der Waals surface area contributed by atoms with Crippen molar-refractivity contribution in [3.8, 4) is 0 Å². The summed E-state index contributed by atoms with van der Waals surface area (Å²) in [5.74, 6) is -2.96. The van der Waals surface area contributed by atoms with Gasteiger partial charge in [0.15, 0.2) is 12.2 Å². The van der Waals surface area contributed by atoms with E-state index >= 15 is 0 Å². The Kier molecular flexibility index (Phi) is 4.42. The van der Waals surface area contributed by atoms with Gasteiger partial charge in [0, 0.05) is 0 Å². The fraction of sp³-hybridized carbons (Fsp3) is 0.846. The number of ether oxygens (including phenoxy) is 3. The van der Waals surface area contributed by atoms with Crippen molar-refractivity contribution >= 4 is 11.9 Å². The zero-order valence-corrected chi connectivity index (χ0v) is 11.2. The van der Waals surface area contributed by atoms with Crippen LogP contribution in [0.3, 0.4) is 0 Å². The van der Waals surface area contributed by atoms with E-state index < -0.39 is 36.2 Å². The Balaban J connectivity index is 2.10. The predicted octanol–water partition coefficient (Wildman–Crippen LogP) is 0.615. The molecule has 0 bridgehead atoms. The van der Waals surface area contributed by atoms with Crippen molar-refractivity contribution in [2.24, 2.45) is 11.8 Å². The molecule has 2 fully saturated rings. The SMILES string of the molecule is CCCC[C@@H]1OC(O)[C@@H]2C(C(=O)OCC)C(=O)O[C@@H]21. The van der Waals surface area contributed by atoms with Crippen molar-refractivity contribution in [1.82, 2.24) is 0 Å². The Bertz CT molecular complexity index is 355. The van der Waals surface area contributed by atoms with Gasteiger partial charge in [-0.15, -0.1) is 0 Å². The summed E-state index contributed by atoms with van der Waals surface area (Å²) in [5.41, 5.74) is 0. The van der Waals surface area contributed by atoms with Crippen LogP contribution < -0.4 is 0 Å². The summed E-state index contributed by atoms with van der Waals surface area (Å²) < 4.78 is 15.5. The minimum Gasteiger partial charge on any atom is -0.465 e. The van der Waals surface area contributed by atoms with E-state index in [0.29, 0.717) is 6.42 Å². The van der Waals surface area contributed by atoms with Crippen LogP contribution in [0, 0.1) is 11.8 Å². The molecule has 0 saturated carbocycles. The van der Waals surface area contributed by atoms with Crippen LogP contribution in [0.1, 0.15) is 33.1 Å². The molecule has 0 aromatic heterocycles. The molecule has 0 amide bonds. The number of hydrogen-bond acceptors (Lipinski definition) is 6. The van der Waals surface area contributed by atoms with Crippen molar-refractivity contribution in [2.75, 3.05) is 6.61 Å².